The maximum absolute atomic E-state index is 12.3. The van der Waals surface area contributed by atoms with Gasteiger partial charge in [0.1, 0.15) is 5.78 Å². The van der Waals surface area contributed by atoms with E-state index in [1.165, 1.54) is 12.0 Å². The predicted molar refractivity (Wildman–Crippen MR) is 81.1 cm³/mol. The van der Waals surface area contributed by atoms with Gasteiger partial charge in [0.05, 0.1) is 0 Å². The van der Waals surface area contributed by atoms with Gasteiger partial charge in [-0.3, -0.25) is 4.79 Å². The van der Waals surface area contributed by atoms with E-state index >= 15 is 0 Å². The van der Waals surface area contributed by atoms with Gasteiger partial charge < -0.3 is 0 Å². The summed E-state index contributed by atoms with van der Waals surface area (Å²) in [6.45, 7) is 4.65. The Hall–Kier alpha value is -1.11. The Balaban J connectivity index is 1.78. The van der Waals surface area contributed by atoms with Crippen molar-refractivity contribution in [3.8, 4) is 0 Å². The van der Waals surface area contributed by atoms with Crippen LogP contribution in [-0.2, 0) is 4.79 Å². The first-order valence-corrected chi connectivity index (χ1v) is 8.15. The summed E-state index contributed by atoms with van der Waals surface area (Å²) in [6.07, 6.45) is 17.3. The van der Waals surface area contributed by atoms with Crippen molar-refractivity contribution in [3.05, 3.63) is 36.0 Å². The molecule has 1 heteroatoms. The van der Waals surface area contributed by atoms with Crippen molar-refractivity contribution in [3.63, 3.8) is 0 Å². The number of carbonyl (C=O) groups is 1. The first-order chi connectivity index (χ1) is 9.56. The summed E-state index contributed by atoms with van der Waals surface area (Å²) in [7, 11) is 0. The molecular weight excluding hydrogens is 244 g/mol. The van der Waals surface area contributed by atoms with E-state index in [9.17, 15) is 4.79 Å². The van der Waals surface area contributed by atoms with E-state index in [1.807, 2.05) is 0 Å². The van der Waals surface area contributed by atoms with Crippen LogP contribution in [-0.4, -0.2) is 5.78 Å². The molecule has 0 aromatic heterocycles. The highest BCUT2D eigenvalue weighted by molar-refractivity contribution is 5.87. The van der Waals surface area contributed by atoms with Crippen LogP contribution in [0.25, 0.3) is 0 Å². The zero-order valence-electron chi connectivity index (χ0n) is 12.6. The van der Waals surface area contributed by atoms with Gasteiger partial charge in [0.25, 0.3) is 0 Å². The molecule has 2 fully saturated rings. The van der Waals surface area contributed by atoms with Gasteiger partial charge in [-0.05, 0) is 49.0 Å². The smallest absolute Gasteiger partial charge is 0.139 e. The van der Waals surface area contributed by atoms with Gasteiger partial charge in [-0.15, -0.1) is 0 Å². The van der Waals surface area contributed by atoms with Crippen LogP contribution in [0.15, 0.2) is 36.0 Å². The SMILES string of the molecule is C[C@]12C=CCC=C1C=C[C@@H]1[C@@H]2CC[C@]2(C)C(=O)CC[C@@H]12. The van der Waals surface area contributed by atoms with Gasteiger partial charge in [0.2, 0.25) is 0 Å². The minimum absolute atomic E-state index is 0.0263. The average molecular weight is 268 g/mol. The molecule has 4 aliphatic rings. The summed E-state index contributed by atoms with van der Waals surface area (Å²) in [5.41, 5.74) is 1.70. The molecule has 20 heavy (non-hydrogen) atoms. The molecular formula is C19H24O. The Kier molecular flexibility index (Phi) is 2.50. The molecule has 0 N–H and O–H groups in total. The van der Waals surface area contributed by atoms with Crippen molar-refractivity contribution in [1.29, 1.82) is 0 Å². The van der Waals surface area contributed by atoms with Crippen molar-refractivity contribution in [1.82, 2.24) is 0 Å². The number of hydrogen-bond acceptors (Lipinski definition) is 1. The molecule has 106 valence electrons. The largest absolute Gasteiger partial charge is 0.299 e. The number of carbonyl (C=O) groups excluding carboxylic acids is 1. The maximum atomic E-state index is 12.3. The minimum atomic E-state index is -0.0263. The van der Waals surface area contributed by atoms with Crippen molar-refractivity contribution < 1.29 is 4.79 Å². The number of ketones is 1. The predicted octanol–water partition coefficient (Wildman–Crippen LogP) is 4.46. The molecule has 4 rings (SSSR count). The fourth-order valence-electron chi connectivity index (χ4n) is 5.56. The van der Waals surface area contributed by atoms with Crippen molar-refractivity contribution >= 4 is 5.78 Å². The quantitative estimate of drug-likeness (QED) is 0.593. The summed E-state index contributed by atoms with van der Waals surface area (Å²) in [5, 5.41) is 0. The van der Waals surface area contributed by atoms with Gasteiger partial charge in [0, 0.05) is 17.3 Å². The van der Waals surface area contributed by atoms with Crippen LogP contribution in [0.3, 0.4) is 0 Å². The Morgan fingerprint density at radius 1 is 1.20 bits per heavy atom. The molecule has 0 aromatic carbocycles. The zero-order valence-corrected chi connectivity index (χ0v) is 12.6. The number of Topliss-reactive ketones (excluding diaryl/α,β-unsaturated/α-hetero) is 1. The molecule has 0 spiro atoms. The number of rotatable bonds is 0. The molecule has 0 bridgehead atoms. The van der Waals surface area contributed by atoms with Crippen LogP contribution in [0.5, 0.6) is 0 Å². The lowest BCUT2D eigenvalue weighted by Gasteiger charge is -2.53. The third kappa shape index (κ3) is 1.42. The highest BCUT2D eigenvalue weighted by atomic mass is 16.1. The Bertz CT molecular complexity index is 552. The van der Waals surface area contributed by atoms with E-state index in [4.69, 9.17) is 0 Å². The molecule has 0 aromatic rings. The van der Waals surface area contributed by atoms with E-state index in [0.717, 1.165) is 25.7 Å². The molecule has 1 nitrogen and oxygen atoms in total. The minimum Gasteiger partial charge on any atom is -0.299 e. The van der Waals surface area contributed by atoms with Crippen LogP contribution in [0.4, 0.5) is 0 Å². The average Bonchev–Trinajstić information content (AvgIpc) is 2.74. The number of fused-ring (bicyclic) bond motifs is 5. The maximum Gasteiger partial charge on any atom is 0.139 e. The first kappa shape index (κ1) is 12.6. The summed E-state index contributed by atoms with van der Waals surface area (Å²) in [5.74, 6) is 2.41. The molecule has 0 heterocycles. The second-order valence-electron chi connectivity index (χ2n) is 7.65. The monoisotopic (exact) mass is 268 g/mol. The molecule has 0 aliphatic heterocycles. The van der Waals surface area contributed by atoms with E-state index < -0.39 is 0 Å². The Labute approximate surface area is 121 Å². The third-order valence-electron chi connectivity index (χ3n) is 6.87. The van der Waals surface area contributed by atoms with E-state index in [-0.39, 0.29) is 10.8 Å². The Morgan fingerprint density at radius 2 is 2.05 bits per heavy atom. The lowest BCUT2D eigenvalue weighted by Crippen LogP contribution is -2.47. The zero-order chi connectivity index (χ0) is 14.0. The third-order valence-corrected chi connectivity index (χ3v) is 6.87. The normalized spacial score (nSPS) is 49.4. The summed E-state index contributed by atoms with van der Waals surface area (Å²) < 4.78 is 0. The van der Waals surface area contributed by atoms with Crippen LogP contribution in [0.2, 0.25) is 0 Å². The van der Waals surface area contributed by atoms with Crippen molar-refractivity contribution in [2.45, 2.75) is 46.0 Å². The molecule has 4 aliphatic carbocycles. The fourth-order valence-corrected chi connectivity index (χ4v) is 5.56. The standard InChI is InChI=1S/C19H24O/c1-18-11-4-3-5-13(18)6-7-14-15-8-9-17(20)19(15,2)12-10-16(14)18/h4-7,11,14-16H,3,8-10,12H2,1-2H3/t14-,15-,16-,18-,19-/m0/s1. The molecule has 5 atom stereocenters. The van der Waals surface area contributed by atoms with Gasteiger partial charge >= 0.3 is 0 Å². The van der Waals surface area contributed by atoms with Gasteiger partial charge in [-0.25, -0.2) is 0 Å². The molecule has 0 unspecified atom stereocenters. The molecule has 0 amide bonds. The molecule has 0 radical (unpaired) electrons. The first-order valence-electron chi connectivity index (χ1n) is 8.15. The van der Waals surface area contributed by atoms with Gasteiger partial charge in [-0.2, -0.15) is 0 Å². The second kappa shape index (κ2) is 3.96. The lowest BCUT2D eigenvalue weighted by atomic mass is 9.50. The second-order valence-corrected chi connectivity index (χ2v) is 7.65. The van der Waals surface area contributed by atoms with Crippen molar-refractivity contribution in [2.24, 2.45) is 28.6 Å². The molecule has 2 saturated carbocycles. The highest BCUT2D eigenvalue weighted by Crippen LogP contribution is 2.61. The topological polar surface area (TPSA) is 17.1 Å². The van der Waals surface area contributed by atoms with Crippen LogP contribution in [0, 0.1) is 28.6 Å². The number of allylic oxidation sites excluding steroid dienone is 6. The fraction of sp³-hybridized carbons (Fsp3) is 0.632. The van der Waals surface area contributed by atoms with E-state index in [1.54, 1.807) is 0 Å². The number of hydrogen-bond donors (Lipinski definition) is 0. The van der Waals surface area contributed by atoms with Crippen LogP contribution in [0.1, 0.15) is 46.0 Å². The molecule has 0 saturated heterocycles. The Morgan fingerprint density at radius 3 is 2.90 bits per heavy atom. The van der Waals surface area contributed by atoms with Crippen molar-refractivity contribution in [2.75, 3.05) is 0 Å². The van der Waals surface area contributed by atoms with Gasteiger partial charge in [-0.1, -0.05) is 44.2 Å². The summed E-state index contributed by atoms with van der Waals surface area (Å²) in [4.78, 5) is 12.3. The lowest BCUT2D eigenvalue weighted by molar-refractivity contribution is -0.130. The summed E-state index contributed by atoms with van der Waals surface area (Å²) >= 11 is 0. The van der Waals surface area contributed by atoms with E-state index in [0.29, 0.717) is 23.5 Å². The van der Waals surface area contributed by atoms with Crippen LogP contribution >= 0.6 is 0 Å². The van der Waals surface area contributed by atoms with Gasteiger partial charge in [0.15, 0.2) is 0 Å². The summed E-state index contributed by atoms with van der Waals surface area (Å²) in [6, 6.07) is 0. The van der Waals surface area contributed by atoms with E-state index in [2.05, 4.69) is 44.2 Å². The van der Waals surface area contributed by atoms with Crippen LogP contribution < -0.4 is 0 Å². The highest BCUT2D eigenvalue weighted by Gasteiger charge is 2.57.